The van der Waals surface area contributed by atoms with Gasteiger partial charge < -0.3 is 10.00 Å². The fraction of sp³-hybridized carbons (Fsp3) is 1.00. The monoisotopic (exact) mass is 278 g/mol. The minimum absolute atomic E-state index is 0.125. The Kier molecular flexibility index (Phi) is 7.72. The van der Waals surface area contributed by atoms with Crippen LogP contribution < -0.4 is 0 Å². The molecule has 0 amide bonds. The van der Waals surface area contributed by atoms with E-state index in [1.807, 2.05) is 13.8 Å². The Balaban J connectivity index is 4.12. The highest BCUT2D eigenvalue weighted by molar-refractivity contribution is 7.47. The van der Waals surface area contributed by atoms with E-state index in [1.54, 1.807) is 13.8 Å². The third-order valence-corrected chi connectivity index (χ3v) is 3.91. The number of hydrogen-bond acceptors (Lipinski definition) is 4. The first kappa shape index (κ1) is 18.1. The second kappa shape index (κ2) is 7.66. The first-order valence-corrected chi connectivity index (χ1v) is 7.75. The fourth-order valence-corrected chi connectivity index (χ4v) is 2.33. The Bertz CT molecular complexity index is 285. The SMILES string of the molecule is [B]C(COP(=O)(O)OC(C)CC)CC(C)(O)CC. The number of aliphatic hydroxyl groups is 1. The van der Waals surface area contributed by atoms with Crippen molar-refractivity contribution in [2.45, 2.75) is 64.5 Å². The molecular formula is C11H24BO5P. The average molecular weight is 278 g/mol. The van der Waals surface area contributed by atoms with E-state index in [9.17, 15) is 14.6 Å². The van der Waals surface area contributed by atoms with E-state index in [2.05, 4.69) is 0 Å². The van der Waals surface area contributed by atoms with Crippen LogP contribution in [0.25, 0.3) is 0 Å². The molecule has 0 saturated carbocycles. The molecule has 0 rings (SSSR count). The summed E-state index contributed by atoms with van der Waals surface area (Å²) in [7, 11) is 1.68. The van der Waals surface area contributed by atoms with Crippen LogP contribution in [-0.4, -0.2) is 36.2 Å². The van der Waals surface area contributed by atoms with Gasteiger partial charge in [0.05, 0.1) is 26.2 Å². The second-order valence-corrected chi connectivity index (χ2v) is 6.31. The Morgan fingerprint density at radius 3 is 2.44 bits per heavy atom. The molecule has 4 unspecified atom stereocenters. The molecule has 0 aromatic rings. The molecule has 0 fully saturated rings. The molecule has 18 heavy (non-hydrogen) atoms. The van der Waals surface area contributed by atoms with Crippen LogP contribution in [-0.2, 0) is 13.6 Å². The quantitative estimate of drug-likeness (QED) is 0.500. The number of hydrogen-bond donors (Lipinski definition) is 2. The molecule has 0 spiro atoms. The molecule has 0 aliphatic carbocycles. The van der Waals surface area contributed by atoms with Crippen molar-refractivity contribution < 1.29 is 23.6 Å². The maximum absolute atomic E-state index is 11.5. The zero-order valence-corrected chi connectivity index (χ0v) is 12.5. The van der Waals surface area contributed by atoms with Crippen molar-refractivity contribution in [2.75, 3.05) is 6.61 Å². The van der Waals surface area contributed by atoms with Crippen LogP contribution in [0.15, 0.2) is 0 Å². The van der Waals surface area contributed by atoms with Gasteiger partial charge in [0.1, 0.15) is 0 Å². The molecule has 5 nitrogen and oxygen atoms in total. The van der Waals surface area contributed by atoms with Gasteiger partial charge in [0, 0.05) is 0 Å². The van der Waals surface area contributed by atoms with E-state index in [1.165, 1.54) is 0 Å². The summed E-state index contributed by atoms with van der Waals surface area (Å²) in [5.41, 5.74) is -0.889. The molecule has 7 heteroatoms. The highest BCUT2D eigenvalue weighted by atomic mass is 31.2. The van der Waals surface area contributed by atoms with E-state index in [-0.39, 0.29) is 12.7 Å². The lowest BCUT2D eigenvalue weighted by molar-refractivity contribution is 0.0377. The Labute approximate surface area is 111 Å². The second-order valence-electron chi connectivity index (χ2n) is 4.90. The minimum atomic E-state index is -4.05. The number of phosphoric ester groups is 1. The standard InChI is InChI=1S/C11H24BO5P/c1-5-9(3)17-18(14,15)16-8-10(12)7-11(4,13)6-2/h9-10,13H,5-8H2,1-4H3,(H,14,15). The minimum Gasteiger partial charge on any atom is -0.390 e. The van der Waals surface area contributed by atoms with Gasteiger partial charge in [-0.15, -0.1) is 0 Å². The first-order valence-electron chi connectivity index (χ1n) is 6.25. The van der Waals surface area contributed by atoms with Gasteiger partial charge in [-0.1, -0.05) is 19.7 Å². The summed E-state index contributed by atoms with van der Waals surface area (Å²) in [6.07, 6.45) is 1.12. The highest BCUT2D eigenvalue weighted by Gasteiger charge is 2.27. The summed E-state index contributed by atoms with van der Waals surface area (Å²) < 4.78 is 21.2. The summed E-state index contributed by atoms with van der Waals surface area (Å²) in [5.74, 6) is -0.513. The lowest BCUT2D eigenvalue weighted by atomic mass is 9.78. The highest BCUT2D eigenvalue weighted by Crippen LogP contribution is 2.45. The van der Waals surface area contributed by atoms with Gasteiger partial charge >= 0.3 is 7.82 Å². The predicted octanol–water partition coefficient (Wildman–Crippen LogP) is 2.43. The molecule has 2 N–H and O–H groups in total. The molecule has 0 aromatic heterocycles. The Morgan fingerprint density at radius 2 is 2.00 bits per heavy atom. The van der Waals surface area contributed by atoms with Crippen molar-refractivity contribution in [2.24, 2.45) is 0 Å². The number of rotatable bonds is 9. The van der Waals surface area contributed by atoms with Gasteiger partial charge in [-0.2, -0.15) is 0 Å². The molecule has 2 radical (unpaired) electrons. The van der Waals surface area contributed by atoms with Crippen LogP contribution in [0.4, 0.5) is 0 Å². The van der Waals surface area contributed by atoms with Crippen molar-refractivity contribution in [3.8, 4) is 0 Å². The van der Waals surface area contributed by atoms with Crippen molar-refractivity contribution >= 4 is 15.7 Å². The van der Waals surface area contributed by atoms with Crippen LogP contribution >= 0.6 is 7.82 Å². The van der Waals surface area contributed by atoms with Crippen LogP contribution in [0.2, 0.25) is 5.82 Å². The van der Waals surface area contributed by atoms with Crippen LogP contribution in [0.1, 0.15) is 47.0 Å². The smallest absolute Gasteiger partial charge is 0.390 e. The van der Waals surface area contributed by atoms with E-state index in [0.717, 1.165) is 0 Å². The molecule has 0 aliphatic heterocycles. The molecule has 0 saturated heterocycles. The van der Waals surface area contributed by atoms with Gasteiger partial charge in [0.2, 0.25) is 0 Å². The summed E-state index contributed by atoms with van der Waals surface area (Å²) >= 11 is 0. The van der Waals surface area contributed by atoms with Gasteiger partial charge in [0.15, 0.2) is 0 Å². The lowest BCUT2D eigenvalue weighted by Gasteiger charge is -2.26. The van der Waals surface area contributed by atoms with Crippen molar-refractivity contribution in [3.05, 3.63) is 0 Å². The van der Waals surface area contributed by atoms with E-state index in [4.69, 9.17) is 16.9 Å². The molecule has 4 atom stereocenters. The van der Waals surface area contributed by atoms with Crippen molar-refractivity contribution in [1.29, 1.82) is 0 Å². The Hall–Kier alpha value is 0.135. The third kappa shape index (κ3) is 8.27. The van der Waals surface area contributed by atoms with Gasteiger partial charge in [-0.05, 0) is 33.1 Å². The summed E-state index contributed by atoms with van der Waals surface area (Å²) in [4.78, 5) is 9.41. The summed E-state index contributed by atoms with van der Waals surface area (Å²) in [6.45, 7) is 6.92. The first-order chi connectivity index (χ1) is 8.12. The van der Waals surface area contributed by atoms with E-state index >= 15 is 0 Å². The van der Waals surface area contributed by atoms with Crippen molar-refractivity contribution in [1.82, 2.24) is 0 Å². The topological polar surface area (TPSA) is 76.0 Å². The Morgan fingerprint density at radius 1 is 1.44 bits per heavy atom. The maximum atomic E-state index is 11.5. The fourth-order valence-electron chi connectivity index (χ4n) is 1.29. The van der Waals surface area contributed by atoms with Gasteiger partial charge in [-0.3, -0.25) is 9.05 Å². The van der Waals surface area contributed by atoms with E-state index < -0.39 is 19.2 Å². The molecule has 106 valence electrons. The largest absolute Gasteiger partial charge is 0.472 e. The molecular weight excluding hydrogens is 254 g/mol. The zero-order valence-electron chi connectivity index (χ0n) is 11.6. The van der Waals surface area contributed by atoms with Crippen LogP contribution in [0, 0.1) is 0 Å². The summed E-state index contributed by atoms with van der Waals surface area (Å²) in [6, 6.07) is 0. The lowest BCUT2D eigenvalue weighted by Crippen LogP contribution is -2.26. The van der Waals surface area contributed by atoms with Crippen LogP contribution in [0.3, 0.4) is 0 Å². The van der Waals surface area contributed by atoms with Gasteiger partial charge in [0.25, 0.3) is 0 Å². The van der Waals surface area contributed by atoms with E-state index in [0.29, 0.717) is 19.3 Å². The normalized spacial score (nSPS) is 21.9. The predicted molar refractivity (Wildman–Crippen MR) is 71.7 cm³/mol. The average Bonchev–Trinajstić information content (AvgIpc) is 2.25. The molecule has 0 aromatic carbocycles. The van der Waals surface area contributed by atoms with Crippen molar-refractivity contribution in [3.63, 3.8) is 0 Å². The van der Waals surface area contributed by atoms with Gasteiger partial charge in [-0.25, -0.2) is 4.57 Å². The maximum Gasteiger partial charge on any atom is 0.472 e. The molecule has 0 bridgehead atoms. The number of phosphoric acid groups is 1. The summed E-state index contributed by atoms with van der Waals surface area (Å²) in [5, 5.41) is 9.81. The zero-order chi connectivity index (χ0) is 14.4. The third-order valence-electron chi connectivity index (χ3n) is 2.80. The molecule has 0 heterocycles. The van der Waals surface area contributed by atoms with Crippen LogP contribution in [0.5, 0.6) is 0 Å². The molecule has 0 aliphatic rings.